The Bertz CT molecular complexity index is 1010. The Morgan fingerprint density at radius 1 is 1.04 bits per heavy atom. The number of benzene rings is 2. The summed E-state index contributed by atoms with van der Waals surface area (Å²) in [6, 6.07) is 16.6. The maximum atomic E-state index is 13.8. The van der Waals surface area contributed by atoms with E-state index >= 15 is 0 Å². The van der Waals surface area contributed by atoms with E-state index in [1.165, 1.54) is 6.07 Å². The molecule has 5 heteroatoms. The predicted octanol–water partition coefficient (Wildman–Crippen LogP) is 3.94. The summed E-state index contributed by atoms with van der Waals surface area (Å²) in [5.74, 6) is 1.28. The van der Waals surface area contributed by atoms with E-state index in [4.69, 9.17) is 0 Å². The molecule has 0 unspecified atom stereocenters. The van der Waals surface area contributed by atoms with Gasteiger partial charge in [-0.2, -0.15) is 0 Å². The zero-order valence-corrected chi connectivity index (χ0v) is 12.6. The number of hydrogen-bond donors (Lipinski definition) is 1. The van der Waals surface area contributed by atoms with Crippen LogP contribution in [-0.2, 0) is 6.54 Å². The molecule has 0 atom stereocenters. The van der Waals surface area contributed by atoms with E-state index in [-0.39, 0.29) is 5.82 Å². The van der Waals surface area contributed by atoms with Crippen LogP contribution in [0.5, 0.6) is 0 Å². The highest BCUT2D eigenvalue weighted by Gasteiger charge is 2.10. The molecule has 0 saturated carbocycles. The Morgan fingerprint density at radius 2 is 1.83 bits per heavy atom. The fourth-order valence-electron chi connectivity index (χ4n) is 2.74. The molecule has 2 aromatic heterocycles. The van der Waals surface area contributed by atoms with Crippen molar-refractivity contribution >= 4 is 22.6 Å². The maximum absolute atomic E-state index is 13.8. The molecule has 0 amide bonds. The van der Waals surface area contributed by atoms with Gasteiger partial charge in [-0.3, -0.25) is 4.40 Å². The van der Waals surface area contributed by atoms with E-state index in [2.05, 4.69) is 15.3 Å². The average molecular weight is 306 g/mol. The lowest BCUT2D eigenvalue weighted by Gasteiger charge is -2.11. The monoisotopic (exact) mass is 306 g/mol. The number of imidazole rings is 1. The molecule has 23 heavy (non-hydrogen) atoms. The van der Waals surface area contributed by atoms with Gasteiger partial charge >= 0.3 is 0 Å². The Labute approximate surface area is 132 Å². The topological polar surface area (TPSA) is 42.2 Å². The van der Waals surface area contributed by atoms with Gasteiger partial charge in [0.05, 0.1) is 11.0 Å². The summed E-state index contributed by atoms with van der Waals surface area (Å²) in [4.78, 5) is 9.03. The second-order valence-electron chi connectivity index (χ2n) is 5.46. The summed E-state index contributed by atoms with van der Waals surface area (Å²) in [7, 11) is 0. The maximum Gasteiger partial charge on any atom is 0.236 e. The molecule has 4 rings (SSSR count). The quantitative estimate of drug-likeness (QED) is 0.623. The summed E-state index contributed by atoms with van der Waals surface area (Å²) in [6.45, 7) is 2.32. The molecule has 2 aromatic carbocycles. The van der Waals surface area contributed by atoms with E-state index in [9.17, 15) is 4.39 Å². The molecule has 0 aliphatic rings. The third-order valence-electron chi connectivity index (χ3n) is 3.82. The molecule has 0 aliphatic carbocycles. The summed E-state index contributed by atoms with van der Waals surface area (Å²) >= 11 is 0. The number of rotatable bonds is 3. The zero-order valence-electron chi connectivity index (χ0n) is 12.6. The standard InChI is InChI=1S/C18H15FN4/c1-12-10-17(20-11-13-6-2-3-7-14(13)19)23-16-9-5-4-8-15(16)22-18(23)21-12/h2-10,20H,11H2,1H3. The minimum Gasteiger partial charge on any atom is -0.367 e. The van der Waals surface area contributed by atoms with E-state index in [0.717, 1.165) is 22.5 Å². The minimum atomic E-state index is -0.211. The van der Waals surface area contributed by atoms with Crippen LogP contribution in [0.25, 0.3) is 16.8 Å². The highest BCUT2D eigenvalue weighted by atomic mass is 19.1. The van der Waals surface area contributed by atoms with E-state index in [1.807, 2.05) is 47.7 Å². The predicted molar refractivity (Wildman–Crippen MR) is 89.0 cm³/mol. The van der Waals surface area contributed by atoms with Gasteiger partial charge in [0.15, 0.2) is 0 Å². The van der Waals surface area contributed by atoms with Crippen molar-refractivity contribution in [1.29, 1.82) is 0 Å². The highest BCUT2D eigenvalue weighted by Crippen LogP contribution is 2.21. The average Bonchev–Trinajstić information content (AvgIpc) is 2.92. The van der Waals surface area contributed by atoms with Crippen molar-refractivity contribution in [3.8, 4) is 0 Å². The Balaban J connectivity index is 1.81. The SMILES string of the molecule is Cc1cc(NCc2ccccc2F)n2c(n1)nc1ccccc12. The lowest BCUT2D eigenvalue weighted by atomic mass is 10.2. The Hall–Kier alpha value is -2.95. The fraction of sp³-hybridized carbons (Fsp3) is 0.111. The van der Waals surface area contributed by atoms with E-state index in [0.29, 0.717) is 17.9 Å². The van der Waals surface area contributed by atoms with Crippen LogP contribution in [0.3, 0.4) is 0 Å². The number of nitrogens with one attached hydrogen (secondary N) is 1. The van der Waals surface area contributed by atoms with Gasteiger partial charge in [-0.25, -0.2) is 14.4 Å². The van der Waals surface area contributed by atoms with Crippen molar-refractivity contribution in [2.45, 2.75) is 13.5 Å². The van der Waals surface area contributed by atoms with Crippen molar-refractivity contribution in [3.63, 3.8) is 0 Å². The van der Waals surface area contributed by atoms with Gasteiger partial charge in [0.1, 0.15) is 11.6 Å². The molecule has 0 radical (unpaired) electrons. The first-order valence-corrected chi connectivity index (χ1v) is 7.44. The molecule has 0 aliphatic heterocycles. The van der Waals surface area contributed by atoms with Crippen LogP contribution in [0.4, 0.5) is 10.2 Å². The normalized spacial score (nSPS) is 11.2. The lowest BCUT2D eigenvalue weighted by molar-refractivity contribution is 0.613. The number of halogens is 1. The van der Waals surface area contributed by atoms with Gasteiger partial charge in [0.25, 0.3) is 0 Å². The van der Waals surface area contributed by atoms with Crippen LogP contribution < -0.4 is 5.32 Å². The largest absolute Gasteiger partial charge is 0.367 e. The molecular weight excluding hydrogens is 291 g/mol. The van der Waals surface area contributed by atoms with Gasteiger partial charge < -0.3 is 5.32 Å². The number of nitrogens with zero attached hydrogens (tertiary/aromatic N) is 3. The summed E-state index contributed by atoms with van der Waals surface area (Å²) in [5, 5.41) is 3.31. The van der Waals surface area contributed by atoms with Gasteiger partial charge in [-0.1, -0.05) is 30.3 Å². The zero-order chi connectivity index (χ0) is 15.8. The van der Waals surface area contributed by atoms with Crippen molar-refractivity contribution in [1.82, 2.24) is 14.4 Å². The lowest BCUT2D eigenvalue weighted by Crippen LogP contribution is -2.07. The Morgan fingerprint density at radius 3 is 2.70 bits per heavy atom. The molecule has 0 fully saturated rings. The van der Waals surface area contributed by atoms with Gasteiger partial charge in [-0.05, 0) is 25.1 Å². The number of fused-ring (bicyclic) bond motifs is 3. The second kappa shape index (κ2) is 5.35. The second-order valence-corrected chi connectivity index (χ2v) is 5.46. The third-order valence-corrected chi connectivity index (χ3v) is 3.82. The van der Waals surface area contributed by atoms with Gasteiger partial charge in [0, 0.05) is 23.9 Å². The number of aromatic nitrogens is 3. The summed E-state index contributed by atoms with van der Waals surface area (Å²) in [6.07, 6.45) is 0. The molecule has 0 bridgehead atoms. The van der Waals surface area contributed by atoms with Crippen molar-refractivity contribution in [2.75, 3.05) is 5.32 Å². The number of para-hydroxylation sites is 2. The van der Waals surface area contributed by atoms with Gasteiger partial charge in [-0.15, -0.1) is 0 Å². The van der Waals surface area contributed by atoms with Crippen molar-refractivity contribution in [2.24, 2.45) is 0 Å². The molecule has 0 saturated heterocycles. The number of aryl methyl sites for hydroxylation is 1. The molecule has 4 nitrogen and oxygen atoms in total. The van der Waals surface area contributed by atoms with Crippen LogP contribution in [0, 0.1) is 12.7 Å². The molecular formula is C18H15FN4. The van der Waals surface area contributed by atoms with Crippen LogP contribution >= 0.6 is 0 Å². The van der Waals surface area contributed by atoms with E-state index in [1.54, 1.807) is 12.1 Å². The van der Waals surface area contributed by atoms with Crippen LogP contribution in [0.1, 0.15) is 11.3 Å². The molecule has 0 spiro atoms. The summed E-state index contributed by atoms with van der Waals surface area (Å²) in [5.41, 5.74) is 3.36. The number of hydrogen-bond acceptors (Lipinski definition) is 3. The number of anilines is 1. The smallest absolute Gasteiger partial charge is 0.236 e. The van der Waals surface area contributed by atoms with Crippen LogP contribution in [0.15, 0.2) is 54.6 Å². The highest BCUT2D eigenvalue weighted by molar-refractivity contribution is 5.81. The first kappa shape index (κ1) is 13.7. The molecule has 1 N–H and O–H groups in total. The van der Waals surface area contributed by atoms with E-state index < -0.39 is 0 Å². The van der Waals surface area contributed by atoms with Crippen molar-refractivity contribution < 1.29 is 4.39 Å². The van der Waals surface area contributed by atoms with Crippen molar-refractivity contribution in [3.05, 3.63) is 71.7 Å². The molecule has 2 heterocycles. The first-order valence-electron chi connectivity index (χ1n) is 7.44. The van der Waals surface area contributed by atoms with Crippen LogP contribution in [-0.4, -0.2) is 14.4 Å². The minimum absolute atomic E-state index is 0.211. The fourth-order valence-corrected chi connectivity index (χ4v) is 2.74. The first-order chi connectivity index (χ1) is 11.2. The Kier molecular flexibility index (Phi) is 3.19. The summed E-state index contributed by atoms with van der Waals surface area (Å²) < 4.78 is 15.8. The molecule has 114 valence electrons. The van der Waals surface area contributed by atoms with Gasteiger partial charge in [0.2, 0.25) is 5.78 Å². The third kappa shape index (κ3) is 2.40. The van der Waals surface area contributed by atoms with Crippen LogP contribution in [0.2, 0.25) is 0 Å². The molecule has 4 aromatic rings.